The number of benzene rings is 1. The van der Waals surface area contributed by atoms with Gasteiger partial charge in [-0.1, -0.05) is 12.1 Å². The SMILES string of the molecule is O=C(c1csc(-c2ccccc2F)n1)N1CCO[C@H]2CCC[C@@H]21. The number of carbonyl (C=O) groups is 1. The molecular formula is C17H17FN2O2S. The molecule has 1 saturated carbocycles. The van der Waals surface area contributed by atoms with Crippen LogP contribution >= 0.6 is 11.3 Å². The van der Waals surface area contributed by atoms with Crippen molar-refractivity contribution < 1.29 is 13.9 Å². The normalized spacial score (nSPS) is 23.8. The first-order valence-electron chi connectivity index (χ1n) is 7.87. The van der Waals surface area contributed by atoms with Gasteiger partial charge in [0.2, 0.25) is 0 Å². The highest BCUT2D eigenvalue weighted by Crippen LogP contribution is 2.32. The molecule has 1 aromatic heterocycles. The van der Waals surface area contributed by atoms with Crippen LogP contribution < -0.4 is 0 Å². The van der Waals surface area contributed by atoms with Crippen LogP contribution in [0.25, 0.3) is 10.6 Å². The topological polar surface area (TPSA) is 42.4 Å². The van der Waals surface area contributed by atoms with E-state index in [1.807, 2.05) is 4.90 Å². The van der Waals surface area contributed by atoms with E-state index in [0.717, 1.165) is 19.3 Å². The van der Waals surface area contributed by atoms with E-state index >= 15 is 0 Å². The third-order valence-corrected chi connectivity index (χ3v) is 5.45. The van der Waals surface area contributed by atoms with Gasteiger partial charge in [0.25, 0.3) is 5.91 Å². The molecular weight excluding hydrogens is 315 g/mol. The zero-order valence-corrected chi connectivity index (χ0v) is 13.4. The first kappa shape index (κ1) is 14.8. The highest BCUT2D eigenvalue weighted by atomic mass is 32.1. The van der Waals surface area contributed by atoms with E-state index in [0.29, 0.717) is 29.4 Å². The number of halogens is 1. The summed E-state index contributed by atoms with van der Waals surface area (Å²) < 4.78 is 19.6. The van der Waals surface area contributed by atoms with Crippen molar-refractivity contribution in [2.24, 2.45) is 0 Å². The van der Waals surface area contributed by atoms with Crippen LogP contribution in [0.2, 0.25) is 0 Å². The molecule has 1 aliphatic heterocycles. The average Bonchev–Trinajstić information content (AvgIpc) is 3.23. The van der Waals surface area contributed by atoms with Gasteiger partial charge in [-0.25, -0.2) is 9.37 Å². The van der Waals surface area contributed by atoms with Gasteiger partial charge in [-0.15, -0.1) is 11.3 Å². The van der Waals surface area contributed by atoms with Crippen LogP contribution in [-0.2, 0) is 4.74 Å². The number of carbonyl (C=O) groups excluding carboxylic acids is 1. The number of hydrogen-bond donors (Lipinski definition) is 0. The molecule has 1 saturated heterocycles. The number of nitrogens with zero attached hydrogens (tertiary/aromatic N) is 2. The number of ether oxygens (including phenoxy) is 1. The third kappa shape index (κ3) is 2.66. The first-order chi connectivity index (χ1) is 11.2. The van der Waals surface area contributed by atoms with Gasteiger partial charge in [-0.3, -0.25) is 4.79 Å². The van der Waals surface area contributed by atoms with E-state index in [1.54, 1.807) is 23.6 Å². The Morgan fingerprint density at radius 2 is 2.22 bits per heavy atom. The van der Waals surface area contributed by atoms with Crippen molar-refractivity contribution in [1.29, 1.82) is 0 Å². The number of hydrogen-bond acceptors (Lipinski definition) is 4. The average molecular weight is 332 g/mol. The number of morpholine rings is 1. The number of rotatable bonds is 2. The van der Waals surface area contributed by atoms with Gasteiger partial charge in [0.15, 0.2) is 0 Å². The summed E-state index contributed by atoms with van der Waals surface area (Å²) in [6, 6.07) is 6.67. The molecule has 120 valence electrons. The highest BCUT2D eigenvalue weighted by Gasteiger charge is 2.39. The van der Waals surface area contributed by atoms with Crippen LogP contribution in [-0.4, -0.2) is 41.1 Å². The van der Waals surface area contributed by atoms with Gasteiger partial charge < -0.3 is 9.64 Å². The summed E-state index contributed by atoms with van der Waals surface area (Å²) in [4.78, 5) is 19.1. The minimum absolute atomic E-state index is 0.0657. The Hall–Kier alpha value is -1.79. The molecule has 0 radical (unpaired) electrons. The zero-order valence-electron chi connectivity index (χ0n) is 12.6. The van der Waals surface area contributed by atoms with Crippen molar-refractivity contribution in [1.82, 2.24) is 9.88 Å². The van der Waals surface area contributed by atoms with Crippen molar-refractivity contribution in [3.63, 3.8) is 0 Å². The summed E-state index contributed by atoms with van der Waals surface area (Å²) in [5.41, 5.74) is 0.845. The largest absolute Gasteiger partial charge is 0.374 e. The fourth-order valence-corrected chi connectivity index (χ4v) is 4.28. The van der Waals surface area contributed by atoms with Gasteiger partial charge >= 0.3 is 0 Å². The Kier molecular flexibility index (Phi) is 3.87. The van der Waals surface area contributed by atoms with Crippen molar-refractivity contribution in [2.45, 2.75) is 31.4 Å². The minimum atomic E-state index is -0.317. The van der Waals surface area contributed by atoms with Crippen LogP contribution in [0.5, 0.6) is 0 Å². The molecule has 2 fully saturated rings. The lowest BCUT2D eigenvalue weighted by Crippen LogP contribution is -2.51. The summed E-state index contributed by atoms with van der Waals surface area (Å²) in [5.74, 6) is -0.382. The van der Waals surface area contributed by atoms with Crippen LogP contribution in [0.1, 0.15) is 29.8 Å². The molecule has 4 nitrogen and oxygen atoms in total. The lowest BCUT2D eigenvalue weighted by Gasteiger charge is -2.37. The van der Waals surface area contributed by atoms with Gasteiger partial charge in [0, 0.05) is 17.5 Å². The van der Waals surface area contributed by atoms with Crippen LogP contribution in [0.15, 0.2) is 29.6 Å². The van der Waals surface area contributed by atoms with E-state index in [4.69, 9.17) is 4.74 Å². The maximum atomic E-state index is 13.9. The molecule has 2 aliphatic rings. The van der Waals surface area contributed by atoms with Gasteiger partial charge in [0.05, 0.1) is 18.8 Å². The Morgan fingerprint density at radius 3 is 3.09 bits per heavy atom. The summed E-state index contributed by atoms with van der Waals surface area (Å²) in [6.45, 7) is 1.18. The van der Waals surface area contributed by atoms with E-state index in [2.05, 4.69) is 4.98 Å². The second-order valence-electron chi connectivity index (χ2n) is 5.92. The minimum Gasteiger partial charge on any atom is -0.374 e. The zero-order chi connectivity index (χ0) is 15.8. The fourth-order valence-electron chi connectivity index (χ4n) is 3.46. The van der Waals surface area contributed by atoms with Crippen molar-refractivity contribution in [3.8, 4) is 10.6 Å². The second-order valence-corrected chi connectivity index (χ2v) is 6.78. The molecule has 2 atom stereocenters. The molecule has 0 unspecified atom stereocenters. The number of fused-ring (bicyclic) bond motifs is 1. The molecule has 6 heteroatoms. The molecule has 1 aliphatic carbocycles. The molecule has 0 spiro atoms. The van der Waals surface area contributed by atoms with Crippen LogP contribution in [0.3, 0.4) is 0 Å². The maximum Gasteiger partial charge on any atom is 0.273 e. The van der Waals surface area contributed by atoms with Crippen molar-refractivity contribution in [3.05, 3.63) is 41.2 Å². The standard InChI is InChI=1S/C17H17FN2O2S/c18-12-5-2-1-4-11(12)16-19-13(10-23-16)17(21)20-8-9-22-15-7-3-6-14(15)20/h1-2,4-5,10,14-15H,3,6-9H2/t14-,15-/m0/s1. The fraction of sp³-hybridized carbons (Fsp3) is 0.412. The third-order valence-electron chi connectivity index (χ3n) is 4.57. The molecule has 2 heterocycles. The van der Waals surface area contributed by atoms with E-state index in [9.17, 15) is 9.18 Å². The Bertz CT molecular complexity index is 733. The second kappa shape index (κ2) is 6.02. The number of thiazole rings is 1. The van der Waals surface area contributed by atoms with Gasteiger partial charge in [0.1, 0.15) is 16.5 Å². The summed E-state index contributed by atoms with van der Waals surface area (Å²) >= 11 is 1.30. The van der Waals surface area contributed by atoms with Crippen molar-refractivity contribution in [2.75, 3.05) is 13.2 Å². The first-order valence-corrected chi connectivity index (χ1v) is 8.75. The molecule has 2 aromatic rings. The van der Waals surface area contributed by atoms with Crippen LogP contribution in [0, 0.1) is 5.82 Å². The molecule has 0 bridgehead atoms. The van der Waals surface area contributed by atoms with Gasteiger partial charge in [-0.05, 0) is 31.4 Å². The van der Waals surface area contributed by atoms with Crippen LogP contribution in [0.4, 0.5) is 4.39 Å². The number of amides is 1. The Labute approximate surface area is 137 Å². The Balaban J connectivity index is 1.59. The van der Waals surface area contributed by atoms with Gasteiger partial charge in [-0.2, -0.15) is 0 Å². The number of aromatic nitrogens is 1. The lowest BCUT2D eigenvalue weighted by atomic mass is 10.1. The van der Waals surface area contributed by atoms with Crippen molar-refractivity contribution >= 4 is 17.2 Å². The summed E-state index contributed by atoms with van der Waals surface area (Å²) in [5, 5.41) is 2.27. The molecule has 1 aromatic carbocycles. The Morgan fingerprint density at radius 1 is 1.35 bits per heavy atom. The highest BCUT2D eigenvalue weighted by molar-refractivity contribution is 7.13. The van der Waals surface area contributed by atoms with E-state index < -0.39 is 0 Å². The van der Waals surface area contributed by atoms with E-state index in [1.165, 1.54) is 17.4 Å². The van der Waals surface area contributed by atoms with E-state index in [-0.39, 0.29) is 23.9 Å². The molecule has 0 N–H and O–H groups in total. The summed E-state index contributed by atoms with van der Waals surface area (Å²) in [7, 11) is 0. The summed E-state index contributed by atoms with van der Waals surface area (Å²) in [6.07, 6.45) is 3.26. The predicted molar refractivity (Wildman–Crippen MR) is 85.9 cm³/mol. The molecule has 4 rings (SSSR count). The maximum absolute atomic E-state index is 13.9. The lowest BCUT2D eigenvalue weighted by molar-refractivity contribution is -0.0447. The smallest absolute Gasteiger partial charge is 0.273 e. The molecule has 23 heavy (non-hydrogen) atoms. The quantitative estimate of drug-likeness (QED) is 0.847. The predicted octanol–water partition coefficient (Wildman–Crippen LogP) is 3.34. The monoisotopic (exact) mass is 332 g/mol. The molecule has 1 amide bonds.